The van der Waals surface area contributed by atoms with Crippen molar-refractivity contribution >= 4 is 0 Å². The molecule has 0 spiro atoms. The van der Waals surface area contributed by atoms with E-state index in [1.54, 1.807) is 0 Å². The fourth-order valence-corrected chi connectivity index (χ4v) is 1.90. The van der Waals surface area contributed by atoms with Crippen LogP contribution in [-0.2, 0) is 0 Å². The van der Waals surface area contributed by atoms with E-state index in [-0.39, 0.29) is 6.10 Å². The Morgan fingerprint density at radius 3 is 2.47 bits per heavy atom. The van der Waals surface area contributed by atoms with Crippen LogP contribution in [0.25, 0.3) is 0 Å². The molecule has 0 N–H and O–H groups in total. The molecule has 82 valence electrons. The molecule has 1 saturated carbocycles. The maximum atomic E-state index is 13.3. The van der Waals surface area contributed by atoms with Gasteiger partial charge in [-0.3, -0.25) is 0 Å². The summed E-state index contributed by atoms with van der Waals surface area (Å²) in [6.45, 7) is 3.76. The van der Waals surface area contributed by atoms with E-state index in [1.807, 2.05) is 19.9 Å². The molecule has 0 aromatic carbocycles. The predicted octanol–water partition coefficient (Wildman–Crippen LogP) is 2.36. The second kappa shape index (κ2) is 4.13. The van der Waals surface area contributed by atoms with Gasteiger partial charge in [0, 0.05) is 11.4 Å². The lowest BCUT2D eigenvalue weighted by molar-refractivity contribution is 0.114. The third-order valence-corrected chi connectivity index (χ3v) is 2.59. The summed E-state index contributed by atoms with van der Waals surface area (Å²) in [6, 6.07) is 2.18. The maximum absolute atomic E-state index is 13.3. The van der Waals surface area contributed by atoms with Crippen molar-refractivity contribution in [2.24, 2.45) is 0 Å². The molecule has 1 aliphatic carbocycles. The van der Waals surface area contributed by atoms with Gasteiger partial charge < -0.3 is 4.74 Å². The van der Waals surface area contributed by atoms with Crippen molar-refractivity contribution in [2.75, 3.05) is 0 Å². The van der Waals surface area contributed by atoms with Crippen LogP contribution < -0.4 is 4.74 Å². The Morgan fingerprint density at radius 1 is 1.27 bits per heavy atom. The first-order valence-corrected chi connectivity index (χ1v) is 5.28. The average molecular weight is 210 g/mol. The van der Waals surface area contributed by atoms with E-state index < -0.39 is 6.17 Å². The van der Waals surface area contributed by atoms with Crippen molar-refractivity contribution in [1.29, 1.82) is 0 Å². The fourth-order valence-electron chi connectivity index (χ4n) is 1.90. The molecule has 0 bridgehead atoms. The first-order valence-electron chi connectivity index (χ1n) is 5.28. The number of nitrogens with zero attached hydrogens (tertiary/aromatic N) is 2. The summed E-state index contributed by atoms with van der Waals surface area (Å²) >= 11 is 0. The molecule has 0 unspecified atom stereocenters. The molecule has 0 radical (unpaired) electrons. The van der Waals surface area contributed by atoms with Crippen molar-refractivity contribution in [2.45, 2.75) is 45.4 Å². The molecule has 15 heavy (non-hydrogen) atoms. The molecule has 1 aromatic rings. The summed E-state index contributed by atoms with van der Waals surface area (Å²) in [6.07, 6.45) is 1.02. The van der Waals surface area contributed by atoms with Crippen LogP contribution in [0, 0.1) is 13.8 Å². The topological polar surface area (TPSA) is 35.0 Å². The van der Waals surface area contributed by atoms with E-state index in [4.69, 9.17) is 4.74 Å². The van der Waals surface area contributed by atoms with E-state index in [1.165, 1.54) is 0 Å². The summed E-state index contributed by atoms with van der Waals surface area (Å²) in [5, 5.41) is 0. The quantitative estimate of drug-likeness (QED) is 0.751. The highest BCUT2D eigenvalue weighted by Crippen LogP contribution is 2.25. The Kier molecular flexibility index (Phi) is 2.84. The monoisotopic (exact) mass is 210 g/mol. The van der Waals surface area contributed by atoms with Gasteiger partial charge in [-0.15, -0.1) is 0 Å². The number of hydrogen-bond donors (Lipinski definition) is 0. The zero-order valence-electron chi connectivity index (χ0n) is 9.03. The van der Waals surface area contributed by atoms with E-state index in [0.717, 1.165) is 24.2 Å². The van der Waals surface area contributed by atoms with Crippen LogP contribution in [-0.4, -0.2) is 22.2 Å². The van der Waals surface area contributed by atoms with Crippen LogP contribution >= 0.6 is 0 Å². The minimum Gasteiger partial charge on any atom is -0.457 e. The molecule has 1 heterocycles. The smallest absolute Gasteiger partial charge is 0.317 e. The molecular formula is C11H15FN2O. The van der Waals surface area contributed by atoms with Gasteiger partial charge >= 0.3 is 6.01 Å². The normalized spacial score (nSPS) is 25.5. The number of alkyl halides is 1. The van der Waals surface area contributed by atoms with Gasteiger partial charge in [-0.25, -0.2) is 14.4 Å². The summed E-state index contributed by atoms with van der Waals surface area (Å²) in [7, 11) is 0. The van der Waals surface area contributed by atoms with E-state index in [2.05, 4.69) is 9.97 Å². The first kappa shape index (κ1) is 10.3. The van der Waals surface area contributed by atoms with Crippen LogP contribution in [0.4, 0.5) is 4.39 Å². The highest BCUT2D eigenvalue weighted by molar-refractivity contribution is 5.11. The molecule has 0 amide bonds. The second-order valence-corrected chi connectivity index (χ2v) is 4.04. The lowest BCUT2D eigenvalue weighted by atomic mass is 10.3. The molecule has 0 aliphatic heterocycles. The summed E-state index contributed by atoms with van der Waals surface area (Å²) in [4.78, 5) is 8.26. The van der Waals surface area contributed by atoms with Gasteiger partial charge in [-0.05, 0) is 39.2 Å². The van der Waals surface area contributed by atoms with Gasteiger partial charge in [0.05, 0.1) is 0 Å². The van der Waals surface area contributed by atoms with E-state index >= 15 is 0 Å². The number of ether oxygens (including phenoxy) is 1. The average Bonchev–Trinajstić information content (AvgIpc) is 2.50. The van der Waals surface area contributed by atoms with Gasteiger partial charge in [0.25, 0.3) is 0 Å². The summed E-state index contributed by atoms with van der Waals surface area (Å²) in [5.41, 5.74) is 1.71. The largest absolute Gasteiger partial charge is 0.457 e. The number of halogens is 1. The van der Waals surface area contributed by atoms with Crippen LogP contribution in [0.2, 0.25) is 0 Å². The lowest BCUT2D eigenvalue weighted by Gasteiger charge is -2.14. The summed E-state index contributed by atoms with van der Waals surface area (Å²) < 4.78 is 18.7. The fraction of sp³-hybridized carbons (Fsp3) is 0.636. The van der Waals surface area contributed by atoms with E-state index in [0.29, 0.717) is 12.4 Å². The SMILES string of the molecule is Cc1cc(C)nc(O[C@@H]2CCC[C@H]2F)n1. The zero-order chi connectivity index (χ0) is 10.8. The Bertz CT molecular complexity index is 336. The number of aromatic nitrogens is 2. The number of rotatable bonds is 2. The Morgan fingerprint density at radius 2 is 1.93 bits per heavy atom. The number of aryl methyl sites for hydroxylation is 2. The van der Waals surface area contributed by atoms with Crippen LogP contribution in [0.15, 0.2) is 6.07 Å². The van der Waals surface area contributed by atoms with Crippen LogP contribution in [0.5, 0.6) is 6.01 Å². The summed E-state index contributed by atoms with van der Waals surface area (Å²) in [5.74, 6) is 0. The van der Waals surface area contributed by atoms with Crippen molar-refractivity contribution in [3.8, 4) is 6.01 Å². The lowest BCUT2D eigenvalue weighted by Crippen LogP contribution is -2.23. The highest BCUT2D eigenvalue weighted by Gasteiger charge is 2.29. The van der Waals surface area contributed by atoms with Crippen molar-refractivity contribution in [3.63, 3.8) is 0 Å². The molecule has 0 saturated heterocycles. The minimum absolute atomic E-state index is 0.307. The molecule has 4 heteroatoms. The molecule has 1 aromatic heterocycles. The molecule has 2 rings (SSSR count). The third-order valence-electron chi connectivity index (χ3n) is 2.59. The third kappa shape index (κ3) is 2.43. The van der Waals surface area contributed by atoms with Crippen LogP contribution in [0.1, 0.15) is 30.7 Å². The van der Waals surface area contributed by atoms with E-state index in [9.17, 15) is 4.39 Å². The van der Waals surface area contributed by atoms with Gasteiger partial charge in [-0.1, -0.05) is 0 Å². The number of hydrogen-bond acceptors (Lipinski definition) is 3. The Balaban J connectivity index is 2.10. The van der Waals surface area contributed by atoms with Crippen molar-refractivity contribution in [3.05, 3.63) is 17.5 Å². The van der Waals surface area contributed by atoms with Gasteiger partial charge in [0.15, 0.2) is 0 Å². The van der Waals surface area contributed by atoms with Gasteiger partial charge in [0.1, 0.15) is 12.3 Å². The van der Waals surface area contributed by atoms with Crippen LogP contribution in [0.3, 0.4) is 0 Å². The minimum atomic E-state index is -0.866. The molecule has 1 fully saturated rings. The zero-order valence-corrected chi connectivity index (χ0v) is 9.03. The van der Waals surface area contributed by atoms with Gasteiger partial charge in [-0.2, -0.15) is 0 Å². The highest BCUT2D eigenvalue weighted by atomic mass is 19.1. The second-order valence-electron chi connectivity index (χ2n) is 4.04. The molecule has 3 nitrogen and oxygen atoms in total. The van der Waals surface area contributed by atoms with Crippen molar-refractivity contribution < 1.29 is 9.13 Å². The predicted molar refractivity (Wildman–Crippen MR) is 54.7 cm³/mol. The molecular weight excluding hydrogens is 195 g/mol. The first-order chi connectivity index (χ1) is 7.15. The Labute approximate surface area is 88.7 Å². The standard InChI is InChI=1S/C11H15FN2O/c1-7-6-8(2)14-11(13-7)15-10-5-3-4-9(10)12/h6,9-10H,3-5H2,1-2H3/t9-,10-/m1/s1. The molecule has 1 aliphatic rings. The van der Waals surface area contributed by atoms with Crippen molar-refractivity contribution in [1.82, 2.24) is 9.97 Å². The van der Waals surface area contributed by atoms with Gasteiger partial charge in [0.2, 0.25) is 0 Å². The maximum Gasteiger partial charge on any atom is 0.317 e. The molecule has 2 atom stereocenters. The Hall–Kier alpha value is -1.19.